The summed E-state index contributed by atoms with van der Waals surface area (Å²) in [6, 6.07) is 4.58. The van der Waals surface area contributed by atoms with Crippen LogP contribution in [0, 0.1) is 0 Å². The molecular weight excluding hydrogens is 373 g/mol. The number of hydrogen-bond acceptors (Lipinski definition) is 6. The molecule has 12 heteroatoms. The van der Waals surface area contributed by atoms with Crippen molar-refractivity contribution in [2.75, 3.05) is 32.4 Å². The van der Waals surface area contributed by atoms with Crippen LogP contribution >= 0.6 is 0 Å². The molecule has 1 aromatic heterocycles. The number of halogens is 3. The fourth-order valence-electron chi connectivity index (χ4n) is 2.72. The molecule has 0 N–H and O–H groups in total. The zero-order chi connectivity index (χ0) is 18.9. The smallest absolute Gasteiger partial charge is 0.293 e. The molecule has 1 aromatic carbocycles. The molecule has 1 fully saturated rings. The Morgan fingerprint density at radius 3 is 2.23 bits per heavy atom. The lowest BCUT2D eigenvalue weighted by molar-refractivity contribution is -0.137. The summed E-state index contributed by atoms with van der Waals surface area (Å²) >= 11 is 0. The molecule has 0 saturated carbocycles. The summed E-state index contributed by atoms with van der Waals surface area (Å²) in [5.41, 5.74) is -0.319. The van der Waals surface area contributed by atoms with E-state index in [1.165, 1.54) is 27.4 Å². The maximum Gasteiger partial charge on any atom is 0.416 e. The van der Waals surface area contributed by atoms with Gasteiger partial charge in [-0.15, -0.1) is 5.10 Å². The third-order valence-corrected chi connectivity index (χ3v) is 5.44. The number of aromatic nitrogens is 4. The van der Waals surface area contributed by atoms with Gasteiger partial charge in [-0.3, -0.25) is 4.90 Å². The Labute approximate surface area is 148 Å². The molecule has 1 saturated heterocycles. The molecule has 2 heterocycles. The monoisotopic (exact) mass is 390 g/mol. The van der Waals surface area contributed by atoms with Crippen LogP contribution in [0.1, 0.15) is 11.4 Å². The standard InChI is InChI=1S/C14H17F3N6O2S/c1-26(24,25)22-8-6-21(7-9-22)10-13-18-19-20-23(13)12-4-2-11(3-5-12)14(15,16)17/h2-5H,6-10H2,1H3. The molecule has 0 bridgehead atoms. The molecule has 1 aliphatic heterocycles. The van der Waals surface area contributed by atoms with Gasteiger partial charge in [0.2, 0.25) is 10.0 Å². The van der Waals surface area contributed by atoms with Gasteiger partial charge in [-0.25, -0.2) is 8.42 Å². The summed E-state index contributed by atoms with van der Waals surface area (Å²) in [4.78, 5) is 1.99. The van der Waals surface area contributed by atoms with Crippen molar-refractivity contribution in [1.29, 1.82) is 0 Å². The second-order valence-electron chi connectivity index (χ2n) is 5.99. The predicted octanol–water partition coefficient (Wildman–Crippen LogP) is 0.758. The minimum atomic E-state index is -4.40. The summed E-state index contributed by atoms with van der Waals surface area (Å²) in [6.45, 7) is 2.16. The van der Waals surface area contributed by atoms with Gasteiger partial charge >= 0.3 is 6.18 Å². The fourth-order valence-corrected chi connectivity index (χ4v) is 3.54. The van der Waals surface area contributed by atoms with Crippen LogP contribution < -0.4 is 0 Å². The zero-order valence-corrected chi connectivity index (χ0v) is 14.7. The van der Waals surface area contributed by atoms with Crippen molar-refractivity contribution in [2.24, 2.45) is 0 Å². The van der Waals surface area contributed by atoms with Crippen molar-refractivity contribution < 1.29 is 21.6 Å². The van der Waals surface area contributed by atoms with E-state index in [1.54, 1.807) is 0 Å². The lowest BCUT2D eigenvalue weighted by Gasteiger charge is -2.32. The molecule has 0 amide bonds. The first-order chi connectivity index (χ1) is 12.1. The van der Waals surface area contributed by atoms with Crippen LogP contribution in [0.2, 0.25) is 0 Å². The maximum absolute atomic E-state index is 12.7. The highest BCUT2D eigenvalue weighted by Crippen LogP contribution is 2.29. The van der Waals surface area contributed by atoms with Crippen molar-refractivity contribution in [3.8, 4) is 5.69 Å². The highest BCUT2D eigenvalue weighted by Gasteiger charge is 2.30. The first-order valence-corrected chi connectivity index (χ1v) is 9.62. The van der Waals surface area contributed by atoms with Crippen LogP contribution in [0.25, 0.3) is 5.69 Å². The Kier molecular flexibility index (Phi) is 4.99. The van der Waals surface area contributed by atoms with Gasteiger partial charge in [-0.2, -0.15) is 22.2 Å². The molecule has 0 spiro atoms. The summed E-state index contributed by atoms with van der Waals surface area (Å²) in [5, 5.41) is 11.4. The van der Waals surface area contributed by atoms with Gasteiger partial charge in [0.25, 0.3) is 0 Å². The van der Waals surface area contributed by atoms with Crippen molar-refractivity contribution in [2.45, 2.75) is 12.7 Å². The number of piperazine rings is 1. The summed E-state index contributed by atoms with van der Waals surface area (Å²) in [5.74, 6) is 0.470. The van der Waals surface area contributed by atoms with Gasteiger partial charge < -0.3 is 0 Å². The minimum absolute atomic E-state index is 0.367. The molecule has 3 rings (SSSR count). The van der Waals surface area contributed by atoms with E-state index in [9.17, 15) is 21.6 Å². The van der Waals surface area contributed by atoms with Crippen molar-refractivity contribution in [1.82, 2.24) is 29.4 Å². The molecule has 2 aromatic rings. The SMILES string of the molecule is CS(=O)(=O)N1CCN(Cc2nnnn2-c2ccc(C(F)(F)F)cc2)CC1. The highest BCUT2D eigenvalue weighted by molar-refractivity contribution is 7.88. The quantitative estimate of drug-likeness (QED) is 0.766. The number of tetrazole rings is 1. The Morgan fingerprint density at radius 2 is 1.69 bits per heavy atom. The Hall–Kier alpha value is -2.05. The van der Waals surface area contributed by atoms with Gasteiger partial charge in [0.05, 0.1) is 24.1 Å². The topological polar surface area (TPSA) is 84.2 Å². The van der Waals surface area contributed by atoms with E-state index in [1.807, 2.05) is 4.90 Å². The lowest BCUT2D eigenvalue weighted by atomic mass is 10.2. The second kappa shape index (κ2) is 6.93. The van der Waals surface area contributed by atoms with Crippen LogP contribution in [0.3, 0.4) is 0 Å². The maximum atomic E-state index is 12.7. The van der Waals surface area contributed by atoms with E-state index < -0.39 is 21.8 Å². The van der Waals surface area contributed by atoms with Crippen LogP contribution in [-0.4, -0.2) is 70.3 Å². The van der Waals surface area contributed by atoms with E-state index in [-0.39, 0.29) is 0 Å². The number of alkyl halides is 3. The van der Waals surface area contributed by atoms with E-state index in [0.717, 1.165) is 12.1 Å². The molecule has 1 aliphatic rings. The van der Waals surface area contributed by atoms with E-state index in [2.05, 4.69) is 15.5 Å². The van der Waals surface area contributed by atoms with Gasteiger partial charge in [0.1, 0.15) is 0 Å². The summed E-state index contributed by atoms with van der Waals surface area (Å²) < 4.78 is 63.9. The first-order valence-electron chi connectivity index (χ1n) is 7.77. The number of nitrogens with zero attached hydrogens (tertiary/aromatic N) is 6. The first kappa shape index (κ1) is 18.7. The van der Waals surface area contributed by atoms with E-state index in [4.69, 9.17) is 0 Å². The molecule has 26 heavy (non-hydrogen) atoms. The molecular formula is C14H17F3N6O2S. The normalized spacial score (nSPS) is 17.5. The molecule has 0 unspecified atom stereocenters. The Bertz CT molecular complexity index is 858. The van der Waals surface area contributed by atoms with Crippen LogP contribution in [-0.2, 0) is 22.7 Å². The zero-order valence-electron chi connectivity index (χ0n) is 13.9. The highest BCUT2D eigenvalue weighted by atomic mass is 32.2. The van der Waals surface area contributed by atoms with Crippen LogP contribution in [0.5, 0.6) is 0 Å². The number of rotatable bonds is 4. The fraction of sp³-hybridized carbons (Fsp3) is 0.500. The Morgan fingerprint density at radius 1 is 1.08 bits per heavy atom. The van der Waals surface area contributed by atoms with Crippen LogP contribution in [0.4, 0.5) is 13.2 Å². The summed E-state index contributed by atoms with van der Waals surface area (Å²) in [7, 11) is -3.21. The predicted molar refractivity (Wildman–Crippen MR) is 85.8 cm³/mol. The third-order valence-electron chi connectivity index (χ3n) is 4.14. The van der Waals surface area contributed by atoms with Crippen molar-refractivity contribution in [3.05, 3.63) is 35.7 Å². The molecule has 0 aliphatic carbocycles. The van der Waals surface area contributed by atoms with Crippen molar-refractivity contribution >= 4 is 10.0 Å². The van der Waals surface area contributed by atoms with Crippen LogP contribution in [0.15, 0.2) is 24.3 Å². The third kappa shape index (κ3) is 4.19. The molecule has 142 valence electrons. The van der Waals surface area contributed by atoms with E-state index >= 15 is 0 Å². The van der Waals surface area contributed by atoms with Gasteiger partial charge in [0, 0.05) is 26.2 Å². The molecule has 8 nitrogen and oxygen atoms in total. The lowest BCUT2D eigenvalue weighted by Crippen LogP contribution is -2.48. The molecule has 0 atom stereocenters. The second-order valence-corrected chi connectivity index (χ2v) is 7.97. The van der Waals surface area contributed by atoms with E-state index in [0.29, 0.717) is 44.2 Å². The van der Waals surface area contributed by atoms with Gasteiger partial charge in [-0.05, 0) is 34.7 Å². The van der Waals surface area contributed by atoms with Gasteiger partial charge in [-0.1, -0.05) is 0 Å². The summed E-state index contributed by atoms with van der Waals surface area (Å²) in [6.07, 6.45) is -3.23. The average Bonchev–Trinajstić information content (AvgIpc) is 3.02. The number of sulfonamides is 1. The molecule has 0 radical (unpaired) electrons. The number of hydrogen-bond donors (Lipinski definition) is 0. The largest absolute Gasteiger partial charge is 0.416 e. The number of benzene rings is 1. The van der Waals surface area contributed by atoms with Gasteiger partial charge in [0.15, 0.2) is 5.82 Å². The average molecular weight is 390 g/mol. The van der Waals surface area contributed by atoms with Crippen molar-refractivity contribution in [3.63, 3.8) is 0 Å². The Balaban J connectivity index is 1.70. The minimum Gasteiger partial charge on any atom is -0.293 e.